The van der Waals surface area contributed by atoms with Crippen molar-refractivity contribution in [1.29, 1.82) is 0 Å². The Labute approximate surface area is 207 Å². The first-order chi connectivity index (χ1) is 16.7. The van der Waals surface area contributed by atoms with Crippen LogP contribution in [0.1, 0.15) is 52.9 Å². The second kappa shape index (κ2) is 10.6. The lowest BCUT2D eigenvalue weighted by atomic mass is 9.97. The van der Waals surface area contributed by atoms with Gasteiger partial charge in [0.05, 0.1) is 6.61 Å². The van der Waals surface area contributed by atoms with Gasteiger partial charge in [-0.05, 0) is 89.5 Å². The summed E-state index contributed by atoms with van der Waals surface area (Å²) < 4.78 is 11.8. The second-order valence-corrected chi connectivity index (χ2v) is 10.1. The smallest absolute Gasteiger partial charge is 0.339 e. The van der Waals surface area contributed by atoms with E-state index in [0.717, 1.165) is 53.8 Å². The number of carbonyl (C=O) groups excluding carboxylic acids is 1. The number of allylic oxidation sites excluding steroid dienone is 2. The highest BCUT2D eigenvalue weighted by atomic mass is 16.5. The van der Waals surface area contributed by atoms with E-state index in [4.69, 9.17) is 9.15 Å². The quantitative estimate of drug-likeness (QED) is 0.240. The molecule has 5 nitrogen and oxygen atoms in total. The maximum Gasteiger partial charge on any atom is 0.339 e. The fourth-order valence-corrected chi connectivity index (χ4v) is 4.65. The van der Waals surface area contributed by atoms with Crippen molar-refractivity contribution in [3.05, 3.63) is 86.3 Å². The fraction of sp³-hybridized carbons (Fsp3) is 0.400. The maximum atomic E-state index is 13.0. The first-order valence-corrected chi connectivity index (χ1v) is 12.3. The number of carbonyl (C=O) groups is 1. The van der Waals surface area contributed by atoms with E-state index in [1.807, 2.05) is 44.2 Å². The molecule has 1 aliphatic rings. The first-order valence-electron chi connectivity index (χ1n) is 12.3. The summed E-state index contributed by atoms with van der Waals surface area (Å²) in [4.78, 5) is 28.1. The average molecular weight is 474 g/mol. The minimum atomic E-state index is -0.472. The molecule has 0 aliphatic carbocycles. The number of Topliss-reactive ketones (excluding diaryl/α,β-unsaturated/α-hetero) is 1. The van der Waals surface area contributed by atoms with Crippen LogP contribution in [0.15, 0.2) is 57.3 Å². The van der Waals surface area contributed by atoms with Crippen LogP contribution in [0.2, 0.25) is 0 Å². The summed E-state index contributed by atoms with van der Waals surface area (Å²) in [6.07, 6.45) is 4.08. The van der Waals surface area contributed by atoms with Crippen molar-refractivity contribution in [3.8, 4) is 5.75 Å². The van der Waals surface area contributed by atoms with Crippen molar-refractivity contribution >= 4 is 16.8 Å². The van der Waals surface area contributed by atoms with Gasteiger partial charge in [-0.15, -0.1) is 0 Å². The summed E-state index contributed by atoms with van der Waals surface area (Å²) >= 11 is 0. The van der Waals surface area contributed by atoms with E-state index in [0.29, 0.717) is 29.2 Å². The Morgan fingerprint density at radius 2 is 1.94 bits per heavy atom. The number of rotatable bonds is 8. The summed E-state index contributed by atoms with van der Waals surface area (Å²) in [5.41, 5.74) is 5.36. The summed E-state index contributed by atoms with van der Waals surface area (Å²) in [6, 6.07) is 11.4. The van der Waals surface area contributed by atoms with Gasteiger partial charge in [-0.3, -0.25) is 4.79 Å². The predicted molar refractivity (Wildman–Crippen MR) is 141 cm³/mol. The third kappa shape index (κ3) is 5.91. The molecule has 4 rings (SSSR count). The molecule has 1 aliphatic heterocycles. The molecule has 5 heteroatoms. The van der Waals surface area contributed by atoms with E-state index in [9.17, 15) is 9.59 Å². The lowest BCUT2D eigenvalue weighted by Gasteiger charge is -2.15. The van der Waals surface area contributed by atoms with Gasteiger partial charge in [0.2, 0.25) is 0 Å². The number of nitrogens with zero attached hydrogens (tertiary/aromatic N) is 1. The molecule has 35 heavy (non-hydrogen) atoms. The van der Waals surface area contributed by atoms with E-state index in [1.54, 1.807) is 6.07 Å². The summed E-state index contributed by atoms with van der Waals surface area (Å²) in [6.45, 7) is 10.9. The number of hydrogen-bond acceptors (Lipinski definition) is 5. The Bertz CT molecular complexity index is 1330. The van der Waals surface area contributed by atoms with Crippen molar-refractivity contribution in [1.82, 2.24) is 4.90 Å². The van der Waals surface area contributed by atoms with Crippen LogP contribution in [-0.2, 0) is 12.8 Å². The van der Waals surface area contributed by atoms with E-state index in [-0.39, 0.29) is 12.2 Å². The first kappa shape index (κ1) is 24.9. The molecule has 2 aromatic carbocycles. The van der Waals surface area contributed by atoms with Crippen molar-refractivity contribution in [2.45, 2.75) is 47.0 Å². The van der Waals surface area contributed by atoms with Gasteiger partial charge < -0.3 is 14.1 Å². The van der Waals surface area contributed by atoms with Crippen LogP contribution in [0, 0.1) is 19.8 Å². The lowest BCUT2D eigenvalue weighted by molar-refractivity contribution is 0.0992. The number of fused-ring (bicyclic) bond motifs is 1. The molecule has 0 bridgehead atoms. The number of ether oxygens (including phenoxy) is 1. The third-order valence-electron chi connectivity index (χ3n) is 6.89. The van der Waals surface area contributed by atoms with Gasteiger partial charge in [0.25, 0.3) is 0 Å². The Morgan fingerprint density at radius 3 is 2.66 bits per heavy atom. The normalized spacial score (nSPS) is 16.0. The zero-order valence-corrected chi connectivity index (χ0v) is 21.4. The average Bonchev–Trinajstić information content (AvgIpc) is 3.24. The number of likely N-dealkylation sites (tertiary alicyclic amines) is 1. The molecule has 0 saturated carbocycles. The molecule has 1 aromatic heterocycles. The van der Waals surface area contributed by atoms with Crippen molar-refractivity contribution in [3.63, 3.8) is 0 Å². The van der Waals surface area contributed by atoms with Gasteiger partial charge in [0.15, 0.2) is 5.78 Å². The van der Waals surface area contributed by atoms with Crippen molar-refractivity contribution in [2.75, 3.05) is 26.7 Å². The molecule has 1 fully saturated rings. The summed E-state index contributed by atoms with van der Waals surface area (Å²) in [7, 11) is 2.13. The Morgan fingerprint density at radius 1 is 1.14 bits per heavy atom. The summed E-state index contributed by atoms with van der Waals surface area (Å²) in [5, 5.41) is 0.797. The number of aryl methyl sites for hydroxylation is 2. The molecule has 1 unspecified atom stereocenters. The lowest BCUT2D eigenvalue weighted by Crippen LogP contribution is -2.18. The fourth-order valence-electron chi connectivity index (χ4n) is 4.65. The SMILES string of the molecule is CC(C)=CCc1cc(C(=O)Cc2cc3ccc(OCC4CCN(C)C4)c(C)c3oc2=O)ccc1C. The van der Waals surface area contributed by atoms with Crippen LogP contribution >= 0.6 is 0 Å². The number of hydrogen-bond donors (Lipinski definition) is 0. The van der Waals surface area contributed by atoms with Gasteiger partial charge in [0.1, 0.15) is 11.3 Å². The highest BCUT2D eigenvalue weighted by molar-refractivity contribution is 5.98. The molecular formula is C30H35NO4. The Hall–Kier alpha value is -3.18. The molecule has 0 amide bonds. The van der Waals surface area contributed by atoms with Crippen LogP contribution in [0.4, 0.5) is 0 Å². The molecule has 0 spiro atoms. The topological polar surface area (TPSA) is 59.8 Å². The van der Waals surface area contributed by atoms with Gasteiger partial charge in [-0.25, -0.2) is 4.79 Å². The molecular weight excluding hydrogens is 438 g/mol. The molecule has 3 aromatic rings. The number of ketones is 1. The van der Waals surface area contributed by atoms with Gasteiger partial charge in [-0.1, -0.05) is 23.8 Å². The van der Waals surface area contributed by atoms with Crippen LogP contribution in [0.3, 0.4) is 0 Å². The monoisotopic (exact) mass is 473 g/mol. The highest BCUT2D eigenvalue weighted by Gasteiger charge is 2.21. The molecule has 2 heterocycles. The van der Waals surface area contributed by atoms with Crippen LogP contribution in [0.5, 0.6) is 5.75 Å². The molecule has 1 saturated heterocycles. The van der Waals surface area contributed by atoms with Gasteiger partial charge in [0, 0.05) is 41.0 Å². The summed E-state index contributed by atoms with van der Waals surface area (Å²) in [5.74, 6) is 1.16. The molecule has 0 radical (unpaired) electrons. The number of benzene rings is 2. The van der Waals surface area contributed by atoms with E-state index in [1.165, 1.54) is 5.57 Å². The largest absolute Gasteiger partial charge is 0.493 e. The molecule has 0 N–H and O–H groups in total. The molecule has 184 valence electrons. The minimum absolute atomic E-state index is 0.00984. The minimum Gasteiger partial charge on any atom is -0.493 e. The van der Waals surface area contributed by atoms with Gasteiger partial charge >= 0.3 is 5.63 Å². The van der Waals surface area contributed by atoms with E-state index >= 15 is 0 Å². The third-order valence-corrected chi connectivity index (χ3v) is 6.89. The Balaban J connectivity index is 1.52. The second-order valence-electron chi connectivity index (χ2n) is 10.1. The molecule has 1 atom stereocenters. The zero-order chi connectivity index (χ0) is 25.1. The van der Waals surface area contributed by atoms with E-state index in [2.05, 4.69) is 31.9 Å². The highest BCUT2D eigenvalue weighted by Crippen LogP contribution is 2.28. The van der Waals surface area contributed by atoms with Gasteiger partial charge in [-0.2, -0.15) is 0 Å². The van der Waals surface area contributed by atoms with Crippen LogP contribution in [-0.4, -0.2) is 37.4 Å². The maximum absolute atomic E-state index is 13.0. The van der Waals surface area contributed by atoms with E-state index < -0.39 is 5.63 Å². The standard InChI is InChI=1S/C30H35NO4/c1-19(2)6-8-23-14-24(9-7-20(23)3)27(32)16-26-15-25-10-11-28(21(4)29(25)35-30(26)33)34-18-22-12-13-31(5)17-22/h6-7,9-11,14-15,22H,8,12-13,16-18H2,1-5H3. The van der Waals surface area contributed by atoms with Crippen molar-refractivity contribution < 1.29 is 13.9 Å². The van der Waals surface area contributed by atoms with Crippen molar-refractivity contribution in [2.24, 2.45) is 5.92 Å². The predicted octanol–water partition coefficient (Wildman–Crippen LogP) is 5.67. The zero-order valence-electron chi connectivity index (χ0n) is 21.4. The Kier molecular flexibility index (Phi) is 7.56. The van der Waals surface area contributed by atoms with Crippen LogP contribution in [0.25, 0.3) is 11.0 Å². The van der Waals surface area contributed by atoms with Crippen LogP contribution < -0.4 is 10.4 Å².